The van der Waals surface area contributed by atoms with E-state index in [0.717, 1.165) is 27.8 Å². The van der Waals surface area contributed by atoms with Crippen molar-refractivity contribution in [3.05, 3.63) is 95.6 Å². The Morgan fingerprint density at radius 3 is 2.12 bits per heavy atom. The molecule has 1 atom stereocenters. The minimum atomic E-state index is -1.18. The maximum Gasteiger partial charge on any atom is 0.408 e. The first-order valence-corrected chi connectivity index (χ1v) is 13.7. The third-order valence-electron chi connectivity index (χ3n) is 8.57. The molecule has 6 rings (SSSR count). The number of aliphatic carboxylic acids is 1. The zero-order chi connectivity index (χ0) is 27.9. The summed E-state index contributed by atoms with van der Waals surface area (Å²) in [5.74, 6) is -1.27. The van der Waals surface area contributed by atoms with Gasteiger partial charge in [0.25, 0.3) is 0 Å². The molecular weight excluding hydrogens is 506 g/mol. The van der Waals surface area contributed by atoms with Crippen LogP contribution in [-0.2, 0) is 20.9 Å². The van der Waals surface area contributed by atoms with E-state index in [1.807, 2.05) is 54.6 Å². The van der Waals surface area contributed by atoms with Crippen molar-refractivity contribution in [1.82, 2.24) is 15.1 Å². The van der Waals surface area contributed by atoms with Crippen LogP contribution in [0.3, 0.4) is 0 Å². The Bertz CT molecular complexity index is 1410. The summed E-state index contributed by atoms with van der Waals surface area (Å²) in [4.78, 5) is 42.5. The standard InChI is InChI=1S/C32H33N3O5/c1-31(29(37)38)19-35(20-31)28(36)32(15-16-34(21-32)17-22-9-3-2-4-10-22)33-30(39)40-18-27-25-13-7-5-11-23(25)24-12-6-8-14-26(24)27/h2-14,27H,15-21H2,1H3,(H,33,39)(H,37,38). The molecule has 3 aromatic rings. The van der Waals surface area contributed by atoms with Crippen LogP contribution < -0.4 is 5.32 Å². The first-order chi connectivity index (χ1) is 19.3. The van der Waals surface area contributed by atoms with Gasteiger partial charge in [-0.1, -0.05) is 78.9 Å². The normalized spacial score (nSPS) is 21.3. The number of nitrogens with one attached hydrogen (secondary N) is 1. The van der Waals surface area contributed by atoms with E-state index in [4.69, 9.17) is 4.74 Å². The lowest BCUT2D eigenvalue weighted by Crippen LogP contribution is -2.69. The van der Waals surface area contributed by atoms with Crippen molar-refractivity contribution < 1.29 is 24.2 Å². The SMILES string of the molecule is CC1(C(=O)O)CN(C(=O)C2(NC(=O)OCC3c4ccccc4-c4ccccc43)CCN(Cc3ccccc3)C2)C1. The molecule has 2 saturated heterocycles. The van der Waals surface area contributed by atoms with E-state index >= 15 is 0 Å². The number of carbonyl (C=O) groups excluding carboxylic acids is 2. The minimum Gasteiger partial charge on any atom is -0.481 e. The molecule has 40 heavy (non-hydrogen) atoms. The molecule has 1 unspecified atom stereocenters. The van der Waals surface area contributed by atoms with Crippen molar-refractivity contribution in [2.45, 2.75) is 31.3 Å². The van der Waals surface area contributed by atoms with Crippen molar-refractivity contribution in [1.29, 1.82) is 0 Å². The number of fused-ring (bicyclic) bond motifs is 3. The van der Waals surface area contributed by atoms with Gasteiger partial charge in [-0.15, -0.1) is 0 Å². The molecule has 2 N–H and O–H groups in total. The van der Waals surface area contributed by atoms with Gasteiger partial charge in [-0.2, -0.15) is 0 Å². The average molecular weight is 540 g/mol. The van der Waals surface area contributed by atoms with Crippen molar-refractivity contribution >= 4 is 18.0 Å². The maximum atomic E-state index is 13.8. The number of rotatable bonds is 7. The van der Waals surface area contributed by atoms with E-state index in [9.17, 15) is 19.5 Å². The molecule has 8 nitrogen and oxygen atoms in total. The third-order valence-corrected chi connectivity index (χ3v) is 8.57. The van der Waals surface area contributed by atoms with Gasteiger partial charge in [-0.3, -0.25) is 14.5 Å². The van der Waals surface area contributed by atoms with E-state index < -0.39 is 23.0 Å². The van der Waals surface area contributed by atoms with E-state index in [0.29, 0.717) is 26.1 Å². The van der Waals surface area contributed by atoms with Crippen LogP contribution in [-0.4, -0.2) is 71.2 Å². The smallest absolute Gasteiger partial charge is 0.408 e. The lowest BCUT2D eigenvalue weighted by atomic mass is 9.80. The highest BCUT2D eigenvalue weighted by Gasteiger charge is 2.55. The molecule has 0 radical (unpaired) electrons. The zero-order valence-corrected chi connectivity index (χ0v) is 22.5. The highest BCUT2D eigenvalue weighted by atomic mass is 16.5. The van der Waals surface area contributed by atoms with Crippen LogP contribution in [0, 0.1) is 5.41 Å². The second-order valence-electron chi connectivity index (χ2n) is 11.5. The Kier molecular flexibility index (Phi) is 6.58. The number of benzene rings is 3. The lowest BCUT2D eigenvalue weighted by molar-refractivity contribution is -0.166. The number of alkyl carbamates (subject to hydrolysis) is 1. The van der Waals surface area contributed by atoms with Crippen molar-refractivity contribution in [2.75, 3.05) is 32.8 Å². The summed E-state index contributed by atoms with van der Waals surface area (Å²) in [5.41, 5.74) is 3.49. The van der Waals surface area contributed by atoms with Gasteiger partial charge in [0.2, 0.25) is 5.91 Å². The van der Waals surface area contributed by atoms with Gasteiger partial charge in [-0.25, -0.2) is 4.79 Å². The molecule has 0 saturated carbocycles. The number of hydrogen-bond donors (Lipinski definition) is 2. The Morgan fingerprint density at radius 2 is 1.50 bits per heavy atom. The van der Waals surface area contributed by atoms with Gasteiger partial charge >= 0.3 is 12.1 Å². The molecule has 2 amide bonds. The summed E-state index contributed by atoms with van der Waals surface area (Å²) in [5, 5.41) is 12.5. The number of nitrogens with zero attached hydrogens (tertiary/aromatic N) is 2. The van der Waals surface area contributed by atoms with Gasteiger partial charge < -0.3 is 20.1 Å². The van der Waals surface area contributed by atoms with Crippen LogP contribution in [0.4, 0.5) is 4.79 Å². The molecular formula is C32H33N3O5. The third kappa shape index (κ3) is 4.62. The molecule has 0 spiro atoms. The number of hydrogen-bond acceptors (Lipinski definition) is 5. The van der Waals surface area contributed by atoms with Crippen LogP contribution in [0.25, 0.3) is 11.1 Å². The number of likely N-dealkylation sites (tertiary alicyclic amines) is 2. The molecule has 0 bridgehead atoms. The van der Waals surface area contributed by atoms with E-state index in [2.05, 4.69) is 34.5 Å². The second-order valence-corrected chi connectivity index (χ2v) is 11.5. The monoisotopic (exact) mass is 539 g/mol. The highest BCUT2D eigenvalue weighted by Crippen LogP contribution is 2.44. The molecule has 3 aliphatic rings. The maximum absolute atomic E-state index is 13.8. The Morgan fingerprint density at radius 1 is 0.900 bits per heavy atom. The van der Waals surface area contributed by atoms with Gasteiger partial charge in [0, 0.05) is 38.6 Å². The largest absolute Gasteiger partial charge is 0.481 e. The van der Waals surface area contributed by atoms with Gasteiger partial charge in [-0.05, 0) is 41.2 Å². The summed E-state index contributed by atoms with van der Waals surface area (Å²) in [6, 6.07) is 26.3. The van der Waals surface area contributed by atoms with Crippen molar-refractivity contribution in [3.8, 4) is 11.1 Å². The summed E-state index contributed by atoms with van der Waals surface area (Å²) < 4.78 is 5.81. The predicted octanol–water partition coefficient (Wildman–Crippen LogP) is 4.10. The predicted molar refractivity (Wildman–Crippen MR) is 150 cm³/mol. The zero-order valence-electron chi connectivity index (χ0n) is 22.5. The number of ether oxygens (including phenoxy) is 1. The quantitative estimate of drug-likeness (QED) is 0.469. The van der Waals surface area contributed by atoms with E-state index in [1.165, 1.54) is 0 Å². The fourth-order valence-electron chi connectivity index (χ4n) is 6.40. The first kappa shape index (κ1) is 26.1. The summed E-state index contributed by atoms with van der Waals surface area (Å²) in [6.45, 7) is 3.62. The molecule has 8 heteroatoms. The molecule has 0 aromatic heterocycles. The van der Waals surface area contributed by atoms with Gasteiger partial charge in [0.15, 0.2) is 0 Å². The molecule has 2 aliphatic heterocycles. The van der Waals surface area contributed by atoms with Crippen molar-refractivity contribution in [3.63, 3.8) is 0 Å². The van der Waals surface area contributed by atoms with Gasteiger partial charge in [0.05, 0.1) is 0 Å². The summed E-state index contributed by atoms with van der Waals surface area (Å²) in [7, 11) is 0. The molecule has 3 aromatic carbocycles. The average Bonchev–Trinajstić information content (AvgIpc) is 3.49. The topological polar surface area (TPSA) is 99.2 Å². The van der Waals surface area contributed by atoms with Crippen LogP contribution in [0.15, 0.2) is 78.9 Å². The van der Waals surface area contributed by atoms with Gasteiger partial charge in [0.1, 0.15) is 17.6 Å². The number of carboxylic acid groups (broad SMARTS) is 1. The fourth-order valence-corrected chi connectivity index (χ4v) is 6.40. The Hall–Kier alpha value is -4.17. The number of carbonyl (C=O) groups is 3. The molecule has 2 fully saturated rings. The lowest BCUT2D eigenvalue weighted by Gasteiger charge is -2.48. The van der Waals surface area contributed by atoms with Crippen LogP contribution in [0.5, 0.6) is 0 Å². The number of carboxylic acids is 1. The molecule has 1 aliphatic carbocycles. The van der Waals surface area contributed by atoms with Crippen LogP contribution in [0.1, 0.15) is 36.0 Å². The second kappa shape index (κ2) is 10.1. The van der Waals surface area contributed by atoms with E-state index in [1.54, 1.807) is 11.8 Å². The number of amides is 2. The Labute approximate surface area is 233 Å². The Balaban J connectivity index is 1.18. The molecule has 2 heterocycles. The van der Waals surface area contributed by atoms with Crippen LogP contribution >= 0.6 is 0 Å². The van der Waals surface area contributed by atoms with Crippen molar-refractivity contribution in [2.24, 2.45) is 5.41 Å². The molecule has 206 valence electrons. The van der Waals surface area contributed by atoms with E-state index in [-0.39, 0.29) is 31.5 Å². The summed E-state index contributed by atoms with van der Waals surface area (Å²) >= 11 is 0. The summed E-state index contributed by atoms with van der Waals surface area (Å²) in [6.07, 6.45) is -0.221. The van der Waals surface area contributed by atoms with Crippen LogP contribution in [0.2, 0.25) is 0 Å². The highest BCUT2D eigenvalue weighted by molar-refractivity contribution is 5.93. The minimum absolute atomic E-state index is 0.0883. The first-order valence-electron chi connectivity index (χ1n) is 13.7. The fraction of sp³-hybridized carbons (Fsp3) is 0.344.